The van der Waals surface area contributed by atoms with Gasteiger partial charge in [-0.05, 0) is 36.8 Å². The molecule has 3 heterocycles. The van der Waals surface area contributed by atoms with Crippen LogP contribution in [0.5, 0.6) is 0 Å². The Kier molecular flexibility index (Phi) is 7.79. The number of carbonyl (C=O) groups is 1. The summed E-state index contributed by atoms with van der Waals surface area (Å²) < 4.78 is 80.5. The van der Waals surface area contributed by atoms with Gasteiger partial charge < -0.3 is 5.32 Å². The third-order valence-corrected chi connectivity index (χ3v) is 6.02. The van der Waals surface area contributed by atoms with Crippen LogP contribution in [0.1, 0.15) is 39.3 Å². The van der Waals surface area contributed by atoms with Crippen molar-refractivity contribution >= 4 is 36.4 Å². The molecule has 36 heavy (non-hydrogen) atoms. The van der Waals surface area contributed by atoms with Gasteiger partial charge in [0.1, 0.15) is 9.88 Å². The fourth-order valence-corrected chi connectivity index (χ4v) is 4.07. The Labute approximate surface area is 211 Å². The van der Waals surface area contributed by atoms with Gasteiger partial charge >= 0.3 is 12.4 Å². The predicted octanol–water partition coefficient (Wildman–Crippen LogP) is 6.41. The van der Waals surface area contributed by atoms with Crippen LogP contribution >= 0.6 is 24.8 Å². The number of halogens is 6. The minimum absolute atomic E-state index is 0. The number of carbonyl (C=O) groups excluding carboxylic acids is 1. The molecule has 190 valence electrons. The van der Waals surface area contributed by atoms with Crippen LogP contribution in [0.2, 0.25) is 0 Å². The molecule has 0 unspecified atom stereocenters. The first-order valence-corrected chi connectivity index (χ1v) is 10.8. The van der Waals surface area contributed by atoms with Gasteiger partial charge in [0.2, 0.25) is 0 Å². The average Bonchev–Trinajstić information content (AvgIpc) is 3.48. The molecule has 0 aliphatic heterocycles. The molecule has 0 radical (unpaired) electrons. The van der Waals surface area contributed by atoms with Gasteiger partial charge in [-0.2, -0.15) is 44.9 Å². The van der Waals surface area contributed by atoms with E-state index in [4.69, 9.17) is 0 Å². The molecule has 0 fully saturated rings. The second-order valence-electron chi connectivity index (χ2n) is 7.38. The highest BCUT2D eigenvalue weighted by molar-refractivity contribution is 7.59. The van der Waals surface area contributed by atoms with E-state index in [1.807, 2.05) is 0 Å². The van der Waals surface area contributed by atoms with Crippen molar-refractivity contribution in [2.24, 2.45) is 0 Å². The average molecular weight is 546 g/mol. The summed E-state index contributed by atoms with van der Waals surface area (Å²) in [7, 11) is 0. The Hall–Kier alpha value is -3.39. The first kappa shape index (κ1) is 27.2. The molecular formula is C22H17F6N5OS2. The van der Waals surface area contributed by atoms with Crippen LogP contribution in [-0.2, 0) is 12.4 Å². The fourth-order valence-electron chi connectivity index (χ4n) is 3.28. The molecule has 4 aromatic rings. The van der Waals surface area contributed by atoms with Crippen molar-refractivity contribution < 1.29 is 31.1 Å². The molecule has 1 amide bonds. The second-order valence-corrected chi connectivity index (χ2v) is 8.41. The van der Waals surface area contributed by atoms with Gasteiger partial charge in [-0.1, -0.05) is 12.1 Å². The predicted molar refractivity (Wildman–Crippen MR) is 126 cm³/mol. The van der Waals surface area contributed by atoms with Crippen molar-refractivity contribution in [2.75, 3.05) is 5.32 Å². The molecule has 14 heteroatoms. The van der Waals surface area contributed by atoms with Crippen LogP contribution in [0.4, 0.5) is 32.0 Å². The molecule has 0 saturated heterocycles. The Bertz CT molecular complexity index is 1350. The minimum atomic E-state index is -5.01. The van der Waals surface area contributed by atoms with Gasteiger partial charge in [0.25, 0.3) is 5.91 Å². The molecule has 0 saturated carbocycles. The zero-order chi connectivity index (χ0) is 25.4. The highest BCUT2D eigenvalue weighted by Gasteiger charge is 2.39. The number of aromatic nitrogens is 4. The van der Waals surface area contributed by atoms with E-state index in [2.05, 4.69) is 20.4 Å². The molecule has 1 N–H and O–H groups in total. The number of hydrogen-bond donors (Lipinski definition) is 1. The molecular weight excluding hydrogens is 528 g/mol. The second kappa shape index (κ2) is 10.3. The van der Waals surface area contributed by atoms with E-state index in [9.17, 15) is 31.1 Å². The summed E-state index contributed by atoms with van der Waals surface area (Å²) in [5.74, 6) is -0.512. The molecule has 6 nitrogen and oxygen atoms in total. The highest BCUT2D eigenvalue weighted by Crippen LogP contribution is 2.39. The molecule has 0 aliphatic carbocycles. The number of anilines is 1. The monoisotopic (exact) mass is 545 g/mol. The fraction of sp³-hybridized carbons (Fsp3) is 0.182. The highest BCUT2D eigenvalue weighted by atomic mass is 32.1. The van der Waals surface area contributed by atoms with Crippen LogP contribution in [0, 0.1) is 0 Å². The topological polar surface area (TPSA) is 72.7 Å². The maximum atomic E-state index is 13.5. The van der Waals surface area contributed by atoms with E-state index in [0.29, 0.717) is 16.8 Å². The van der Waals surface area contributed by atoms with Crippen molar-refractivity contribution in [3.8, 4) is 10.7 Å². The zero-order valence-corrected chi connectivity index (χ0v) is 20.0. The molecule has 0 spiro atoms. The van der Waals surface area contributed by atoms with Crippen LogP contribution in [0.25, 0.3) is 10.7 Å². The molecule has 0 aliphatic rings. The van der Waals surface area contributed by atoms with E-state index >= 15 is 0 Å². The smallest absolute Gasteiger partial charge is 0.319 e. The van der Waals surface area contributed by atoms with Crippen molar-refractivity contribution in [3.05, 3.63) is 82.8 Å². The summed E-state index contributed by atoms with van der Waals surface area (Å²) in [5, 5.41) is 7.09. The van der Waals surface area contributed by atoms with Gasteiger partial charge in [-0.3, -0.25) is 14.5 Å². The maximum Gasteiger partial charge on any atom is 0.416 e. The first-order valence-electron chi connectivity index (χ1n) is 9.94. The molecule has 3 aromatic heterocycles. The van der Waals surface area contributed by atoms with Crippen molar-refractivity contribution in [2.45, 2.75) is 25.3 Å². The van der Waals surface area contributed by atoms with E-state index in [-0.39, 0.29) is 30.1 Å². The van der Waals surface area contributed by atoms with Crippen molar-refractivity contribution in [1.29, 1.82) is 0 Å². The standard InChI is InChI=1S/C22H15F6N5OS.H2S/c1-12(15-6-5-13(21(23,24)25)8-16(15)22(26,27)28)33-11-14(9-31-33)32-19(34)18-10-30-20(35-18)17-4-2-3-7-29-17;/h2-12H,1H3,(H,32,34);1H2/t12-;/m0./s1. The van der Waals surface area contributed by atoms with Crippen LogP contribution < -0.4 is 5.32 Å². The molecule has 4 rings (SSSR count). The Morgan fingerprint density at radius 1 is 1.03 bits per heavy atom. The maximum absolute atomic E-state index is 13.5. The normalized spacial score (nSPS) is 12.6. The summed E-state index contributed by atoms with van der Waals surface area (Å²) in [4.78, 5) is 21.2. The first-order chi connectivity index (χ1) is 16.4. The summed E-state index contributed by atoms with van der Waals surface area (Å²) in [6, 6.07) is 5.65. The van der Waals surface area contributed by atoms with E-state index in [0.717, 1.165) is 22.1 Å². The number of alkyl halides is 6. The van der Waals surface area contributed by atoms with Crippen LogP contribution in [0.3, 0.4) is 0 Å². The van der Waals surface area contributed by atoms with Crippen molar-refractivity contribution in [3.63, 3.8) is 0 Å². The van der Waals surface area contributed by atoms with Crippen LogP contribution in [-0.4, -0.2) is 25.7 Å². The number of amides is 1. The van der Waals surface area contributed by atoms with Crippen LogP contribution in [0.15, 0.2) is 61.2 Å². The lowest BCUT2D eigenvalue weighted by molar-refractivity contribution is -0.143. The van der Waals surface area contributed by atoms with E-state index in [1.165, 1.54) is 25.5 Å². The lowest BCUT2D eigenvalue weighted by Gasteiger charge is -2.20. The minimum Gasteiger partial charge on any atom is -0.319 e. The summed E-state index contributed by atoms with van der Waals surface area (Å²) >= 11 is 1.10. The number of nitrogens with zero attached hydrogens (tertiary/aromatic N) is 4. The number of rotatable bonds is 5. The largest absolute Gasteiger partial charge is 0.416 e. The summed E-state index contributed by atoms with van der Waals surface area (Å²) in [6.45, 7) is 1.36. The van der Waals surface area contributed by atoms with Gasteiger partial charge in [-0.15, -0.1) is 11.3 Å². The van der Waals surface area contributed by atoms with Crippen molar-refractivity contribution in [1.82, 2.24) is 19.7 Å². The summed E-state index contributed by atoms with van der Waals surface area (Å²) in [6.07, 6.45) is -4.44. The number of hydrogen-bond acceptors (Lipinski definition) is 5. The molecule has 1 aromatic carbocycles. The third-order valence-electron chi connectivity index (χ3n) is 5.01. The van der Waals surface area contributed by atoms with Gasteiger partial charge in [0.05, 0.1) is 40.9 Å². The Balaban J connectivity index is 0.00000361. The summed E-state index contributed by atoms with van der Waals surface area (Å²) in [5.41, 5.74) is -2.42. The SMILES string of the molecule is C[C@@H](c1ccc(C(F)(F)F)cc1C(F)(F)F)n1cc(NC(=O)c2cnc(-c3ccccn3)s2)cn1.S. The number of thiazole rings is 1. The van der Waals surface area contributed by atoms with Gasteiger partial charge in [0.15, 0.2) is 0 Å². The third kappa shape index (κ3) is 5.87. The lowest BCUT2D eigenvalue weighted by Crippen LogP contribution is -2.17. The Morgan fingerprint density at radius 3 is 2.42 bits per heavy atom. The molecule has 0 bridgehead atoms. The Morgan fingerprint density at radius 2 is 1.78 bits per heavy atom. The zero-order valence-electron chi connectivity index (χ0n) is 18.2. The van der Waals surface area contributed by atoms with E-state index < -0.39 is 41.0 Å². The van der Waals surface area contributed by atoms with Gasteiger partial charge in [0, 0.05) is 12.4 Å². The van der Waals surface area contributed by atoms with Gasteiger partial charge in [-0.25, -0.2) is 4.98 Å². The number of benzene rings is 1. The molecule has 1 atom stereocenters. The number of nitrogens with one attached hydrogen (secondary N) is 1. The lowest BCUT2D eigenvalue weighted by atomic mass is 9.98. The van der Waals surface area contributed by atoms with E-state index in [1.54, 1.807) is 24.4 Å². The number of pyridine rings is 1. The quantitative estimate of drug-likeness (QED) is 0.294.